The monoisotopic (exact) mass is 2610 g/mol. The number of oxazole rings is 1. The van der Waals surface area contributed by atoms with Crippen LogP contribution in [0, 0.1) is 58.9 Å². The minimum Gasteiger partial charge on any atom is -0.664 e. The molecule has 0 aliphatic carbocycles. The Morgan fingerprint density at radius 2 is 1.03 bits per heavy atom. The third-order valence-electron chi connectivity index (χ3n) is 22.8. The number of aromatic nitrogens is 8. The van der Waals surface area contributed by atoms with Gasteiger partial charge < -0.3 is 44.4 Å². The summed E-state index contributed by atoms with van der Waals surface area (Å²) in [6.45, 7) is 12.4. The van der Waals surface area contributed by atoms with Gasteiger partial charge in [0.25, 0.3) is 0 Å². The molecule has 0 amide bonds. The Morgan fingerprint density at radius 1 is 0.407 bits per heavy atom. The molecule has 9 aromatic heterocycles. The van der Waals surface area contributed by atoms with Crippen LogP contribution in [0.15, 0.2) is 472 Å². The van der Waals surface area contributed by atoms with Crippen LogP contribution in [0.25, 0.3) is 146 Å². The van der Waals surface area contributed by atoms with E-state index < -0.39 is 0 Å². The summed E-state index contributed by atoms with van der Waals surface area (Å²) in [5.74, 6) is 1.74. The second-order valence-corrected chi connectivity index (χ2v) is 34.0. The number of ether oxygens (including phenoxy) is 1. The number of allylic oxidation sites excluding steroid dienone is 6. The number of aryl methyl sites for hydroxylation is 5. The molecule has 0 saturated carbocycles. The zero-order valence-electron chi connectivity index (χ0n) is 79.8. The van der Waals surface area contributed by atoms with Gasteiger partial charge in [-0.05, 0) is 175 Å². The van der Waals surface area contributed by atoms with E-state index >= 15 is 0 Å². The molecule has 0 unspecified atom stereocenters. The minimum absolute atomic E-state index is 0. The van der Waals surface area contributed by atoms with Crippen molar-refractivity contribution in [3.05, 3.63) is 545 Å². The Labute approximate surface area is 903 Å². The molecule has 4 radical (unpaired) electrons. The fourth-order valence-corrected chi connectivity index (χ4v) is 16.0. The van der Waals surface area contributed by atoms with Gasteiger partial charge in [0.05, 0.1) is 28.3 Å². The molecule has 4 aliphatic rings. The predicted octanol–water partition coefficient (Wildman–Crippen LogP) is 31.0. The van der Waals surface area contributed by atoms with E-state index in [9.17, 15) is 0 Å². The van der Waals surface area contributed by atoms with Crippen LogP contribution in [0.5, 0.6) is 5.75 Å². The van der Waals surface area contributed by atoms with Crippen molar-refractivity contribution in [1.29, 1.82) is 0 Å². The van der Waals surface area contributed by atoms with Crippen molar-refractivity contribution in [2.75, 3.05) is 0 Å². The molecule has 0 spiro atoms. The van der Waals surface area contributed by atoms with Crippen molar-refractivity contribution in [3.63, 3.8) is 0 Å². The summed E-state index contributed by atoms with van der Waals surface area (Å²) in [7, 11) is 0. The fourth-order valence-electron chi connectivity index (χ4n) is 15.5. The summed E-state index contributed by atoms with van der Waals surface area (Å²) in [5.41, 5.74) is 33.1. The van der Waals surface area contributed by atoms with E-state index in [1.54, 1.807) is 42.2 Å². The van der Waals surface area contributed by atoms with Gasteiger partial charge in [-0.3, -0.25) is 15.0 Å². The zero-order valence-corrected chi connectivity index (χ0v) is 90.2. The molecule has 0 saturated heterocycles. The fraction of sp³-hybridized carbons (Fsp3) is 0.0476. The van der Waals surface area contributed by atoms with Crippen LogP contribution in [-0.2, 0) is 80.4 Å². The molecule has 0 N–H and O–H groups in total. The van der Waals surface area contributed by atoms with E-state index in [0.29, 0.717) is 11.8 Å². The smallest absolute Gasteiger partial charge is 0.221 e. The maximum atomic E-state index is 5.60. The van der Waals surface area contributed by atoms with E-state index in [2.05, 4.69) is 267 Å². The summed E-state index contributed by atoms with van der Waals surface area (Å²) in [6, 6.07) is 135. The minimum atomic E-state index is 0. The molecule has 25 rings (SSSR count). The topological polar surface area (TPSA) is 180 Å². The molecular weight excluding hydrogens is 2510 g/mol. The Bertz CT molecular complexity index is 7980. The first-order valence-electron chi connectivity index (χ1n) is 46.2. The maximum Gasteiger partial charge on any atom is 0.221 e. The van der Waals surface area contributed by atoms with Crippen LogP contribution in [0.3, 0.4) is 0 Å². The molecule has 0 atom stereocenters. The first kappa shape index (κ1) is 105. The third-order valence-corrected chi connectivity index (χ3v) is 23.4. The normalized spacial score (nSPS) is 13.0. The number of hydrogen-bond acceptors (Lipinski definition) is 11. The van der Waals surface area contributed by atoms with Gasteiger partial charge in [-0.15, -0.1) is 129 Å². The first-order valence-corrected chi connectivity index (χ1v) is 47.1. The number of pyridine rings is 4. The Hall–Kier alpha value is -15.6. The number of fused-ring (bicyclic) bond motifs is 5. The number of aliphatic imine (C=N–C) groups is 3. The van der Waals surface area contributed by atoms with E-state index in [1.165, 1.54) is 43.8 Å². The van der Waals surface area contributed by atoms with Gasteiger partial charge in [0.2, 0.25) is 5.89 Å². The van der Waals surface area contributed by atoms with Gasteiger partial charge in [0.15, 0.2) is 5.58 Å². The molecule has 4 aliphatic heterocycles. The molecule has 145 heavy (non-hydrogen) atoms. The van der Waals surface area contributed by atoms with Gasteiger partial charge in [0, 0.05) is 134 Å². The van der Waals surface area contributed by atoms with E-state index in [1.807, 2.05) is 274 Å². The van der Waals surface area contributed by atoms with Gasteiger partial charge in [-0.25, -0.2) is 21.3 Å². The molecular formula is C126H94Ir4N12O2S-8. The van der Waals surface area contributed by atoms with Crippen molar-refractivity contribution in [3.8, 4) is 73.2 Å². The molecule has 12 aromatic carbocycles. The van der Waals surface area contributed by atoms with Crippen LogP contribution >= 0.6 is 11.3 Å². The molecule has 19 heteroatoms. The SMILES string of the molecule is C(=C1[N-]c2ccccc2O1)c1nc2ccccc2o1.C1=CC(=Cc2ccc[n-]2)N=C1.CC1=NC(=Cc2ccc(C)[n-]2)C=C1.Cc1ccc(C2=CC(c3ccc(C)cc3)=NC2=Cc2[n-]c(-c3ccc(C)cc3)cc2-c2ccc(C)cc2)cc1.[Ir].[Ir].[Ir].[Ir].[c-]1cc2ccccc2cc1-c1ccc2ccccc2n1.[c-]1ccccc1-c1ccccn1.[c-]1ccccc1-c1nccc2ccccc12.[c-]1cscc1-c1ccccn1. The van der Waals surface area contributed by atoms with Crippen molar-refractivity contribution < 1.29 is 89.6 Å². The van der Waals surface area contributed by atoms with E-state index in [4.69, 9.17) is 24.1 Å². The van der Waals surface area contributed by atoms with Crippen LogP contribution < -0.4 is 19.7 Å². The van der Waals surface area contributed by atoms with Crippen LogP contribution in [0.4, 0.5) is 5.69 Å². The molecule has 720 valence electrons. The van der Waals surface area contributed by atoms with Gasteiger partial charge in [-0.1, -0.05) is 319 Å². The zero-order chi connectivity index (χ0) is 96.3. The molecule has 21 aromatic rings. The average molecular weight is 2610 g/mol. The Morgan fingerprint density at radius 3 is 1.67 bits per heavy atom. The number of thiophene rings is 1. The van der Waals surface area contributed by atoms with Gasteiger partial charge >= 0.3 is 0 Å². The number of hydrogen-bond donors (Lipinski definition) is 0. The standard InChI is InChI=1S/C37H31N2.C19H12N.C15H9N2O2.C15H10N.C11H11N2.C11H8N.C9H7N2.C9H6NS.4Ir/c1-24-5-13-28(14-6-24)32-21-34(30-17-9-26(3)10-18-30)38-36(32)23-37-33(29-15-7-25(2)8-16-29)22-35(39-37)31-19-11-27(4)12-20-31;1-2-7-16-13-17(10-9-14(16)5-1)19-12-11-15-6-3-4-8-18(15)20-19;1-3-7-12-10(5-1)16-14(18-12)9-15-17-11-6-2-4-8-13(11)19-15;1-2-7-13(8-3-1)15-14-9-5-4-6-12(14)10-11-16-15;1-8-3-5-10(12-8)7-11-6-4-9(2)13-11;1-2-6-10(7-3-1)11-8-4-5-9-12-11;1-3-8(10-5-1)7-9-4-2-6-11-9;1-2-5-10-9(3-1)8-4-6-11-7-8;;;;/h5-23H,1-4H3;1-9,11-13H;1-9H;1-7,9-11H;3-7H,1-2H3;1-6,8-9H;1-7H;1-3,5-7H;;;;/q8*-1;;;;. The average Bonchev–Trinajstić information content (AvgIpc) is 1.62. The van der Waals surface area contributed by atoms with Crippen molar-refractivity contribution >= 4 is 108 Å². The predicted molar refractivity (Wildman–Crippen MR) is 582 cm³/mol. The number of para-hydroxylation sites is 5. The first-order chi connectivity index (χ1) is 69.3. The summed E-state index contributed by atoms with van der Waals surface area (Å²) in [4.78, 5) is 49.1. The second-order valence-electron chi connectivity index (χ2n) is 33.3. The molecule has 13 heterocycles. The van der Waals surface area contributed by atoms with Crippen LogP contribution in [0.2, 0.25) is 0 Å². The van der Waals surface area contributed by atoms with Crippen molar-refractivity contribution in [2.24, 2.45) is 15.0 Å². The molecule has 14 nitrogen and oxygen atoms in total. The number of nitrogens with zero attached hydrogens (tertiary/aromatic N) is 12. The van der Waals surface area contributed by atoms with E-state index in [0.717, 1.165) is 169 Å². The second kappa shape index (κ2) is 52.4. The van der Waals surface area contributed by atoms with Gasteiger partial charge in [-0.2, -0.15) is 23.5 Å². The van der Waals surface area contributed by atoms with Gasteiger partial charge in [0.1, 0.15) is 11.3 Å². The number of benzene rings is 12. The maximum absolute atomic E-state index is 5.60. The Kier molecular flexibility index (Phi) is 38.0. The third kappa shape index (κ3) is 28.9. The Balaban J connectivity index is 0.000000137. The number of rotatable bonds is 12. The van der Waals surface area contributed by atoms with E-state index in [-0.39, 0.29) is 80.4 Å². The van der Waals surface area contributed by atoms with Crippen LogP contribution in [-0.4, -0.2) is 42.6 Å². The van der Waals surface area contributed by atoms with Crippen molar-refractivity contribution in [2.45, 2.75) is 41.5 Å². The summed E-state index contributed by atoms with van der Waals surface area (Å²) < 4.78 is 11.2. The largest absolute Gasteiger partial charge is 0.664 e. The quantitative estimate of drug-likeness (QED) is 0.107. The van der Waals surface area contributed by atoms with Crippen LogP contribution in [0.1, 0.15) is 69.0 Å². The summed E-state index contributed by atoms with van der Waals surface area (Å²) in [5, 5.41) is 14.3. The summed E-state index contributed by atoms with van der Waals surface area (Å²) in [6.07, 6.45) is 26.8. The van der Waals surface area contributed by atoms with Crippen molar-refractivity contribution in [1.82, 2.24) is 39.9 Å². The molecule has 0 bridgehead atoms. The summed E-state index contributed by atoms with van der Waals surface area (Å²) >= 11 is 1.64. The molecule has 0 fully saturated rings.